The number of ether oxygens (including phenoxy) is 1. The highest BCUT2D eigenvalue weighted by molar-refractivity contribution is 5.42. The fraction of sp³-hybridized carbons (Fsp3) is 0.400. The summed E-state index contributed by atoms with van der Waals surface area (Å²) in [5.74, 6) is 3.05. The summed E-state index contributed by atoms with van der Waals surface area (Å²) >= 11 is 0. The summed E-state index contributed by atoms with van der Waals surface area (Å²) in [4.78, 5) is 0. The van der Waals surface area contributed by atoms with Crippen molar-refractivity contribution in [1.29, 1.82) is 5.26 Å². The van der Waals surface area contributed by atoms with Crippen molar-refractivity contribution in [2.75, 3.05) is 19.7 Å². The number of hydrogen-bond acceptors (Lipinski definition) is 4. The molecular weight excluding hydrogens is 240 g/mol. The second kappa shape index (κ2) is 8.99. The third-order valence-corrected chi connectivity index (χ3v) is 2.49. The lowest BCUT2D eigenvalue weighted by atomic mass is 10.2. The Morgan fingerprint density at radius 2 is 2.21 bits per heavy atom. The van der Waals surface area contributed by atoms with E-state index in [0.29, 0.717) is 17.9 Å². The Morgan fingerprint density at radius 3 is 2.95 bits per heavy atom. The van der Waals surface area contributed by atoms with Crippen LogP contribution in [0.25, 0.3) is 0 Å². The van der Waals surface area contributed by atoms with Crippen molar-refractivity contribution in [1.82, 2.24) is 5.32 Å². The summed E-state index contributed by atoms with van der Waals surface area (Å²) in [6.45, 7) is 1.37. The number of rotatable bonds is 8. The van der Waals surface area contributed by atoms with Gasteiger partial charge in [-0.3, -0.25) is 0 Å². The van der Waals surface area contributed by atoms with Crippen molar-refractivity contribution in [2.45, 2.75) is 18.9 Å². The number of aliphatic hydroxyl groups excluding tert-OH is 1. The van der Waals surface area contributed by atoms with Crippen LogP contribution in [0.15, 0.2) is 24.3 Å². The fourth-order valence-electron chi connectivity index (χ4n) is 1.51. The minimum absolute atomic E-state index is 0.154. The topological polar surface area (TPSA) is 65.3 Å². The maximum absolute atomic E-state index is 9.72. The van der Waals surface area contributed by atoms with Crippen LogP contribution in [0.1, 0.15) is 18.4 Å². The molecule has 19 heavy (non-hydrogen) atoms. The molecule has 0 saturated carbocycles. The molecule has 0 bridgehead atoms. The molecular formula is C15H18N2O2. The van der Waals surface area contributed by atoms with E-state index in [1.165, 1.54) is 0 Å². The van der Waals surface area contributed by atoms with Crippen molar-refractivity contribution >= 4 is 0 Å². The van der Waals surface area contributed by atoms with Crippen LogP contribution >= 0.6 is 0 Å². The number of nitriles is 1. The molecule has 2 N–H and O–H groups in total. The van der Waals surface area contributed by atoms with E-state index in [0.717, 1.165) is 19.4 Å². The maximum Gasteiger partial charge on any atom is 0.137 e. The average molecular weight is 258 g/mol. The van der Waals surface area contributed by atoms with E-state index in [1.54, 1.807) is 24.3 Å². The Hall–Kier alpha value is -2.01. The predicted octanol–water partition coefficient (Wildman–Crippen LogP) is 1.30. The Labute approximate surface area is 114 Å². The van der Waals surface area contributed by atoms with Gasteiger partial charge in [-0.2, -0.15) is 5.26 Å². The Balaban J connectivity index is 2.25. The number of para-hydroxylation sites is 1. The van der Waals surface area contributed by atoms with Crippen molar-refractivity contribution in [3.8, 4) is 24.2 Å². The molecule has 1 aromatic rings. The highest BCUT2D eigenvalue weighted by Crippen LogP contribution is 2.16. The zero-order chi connectivity index (χ0) is 13.9. The smallest absolute Gasteiger partial charge is 0.137 e. The molecule has 1 unspecified atom stereocenters. The third kappa shape index (κ3) is 5.92. The molecule has 0 heterocycles. The highest BCUT2D eigenvalue weighted by atomic mass is 16.5. The first-order valence-electron chi connectivity index (χ1n) is 6.22. The van der Waals surface area contributed by atoms with Gasteiger partial charge in [-0.25, -0.2) is 0 Å². The minimum Gasteiger partial charge on any atom is -0.489 e. The van der Waals surface area contributed by atoms with Crippen LogP contribution in [0.5, 0.6) is 5.75 Å². The number of hydrogen-bond donors (Lipinski definition) is 2. The van der Waals surface area contributed by atoms with Crippen LogP contribution in [0.4, 0.5) is 0 Å². The quantitative estimate of drug-likeness (QED) is 0.545. The molecule has 0 amide bonds. The minimum atomic E-state index is -0.613. The zero-order valence-electron chi connectivity index (χ0n) is 10.8. The number of nitrogens with one attached hydrogen (secondary N) is 1. The molecule has 0 aliphatic heterocycles. The molecule has 1 aromatic carbocycles. The fourth-order valence-corrected chi connectivity index (χ4v) is 1.51. The summed E-state index contributed by atoms with van der Waals surface area (Å²) in [5, 5.41) is 21.7. The molecule has 0 spiro atoms. The van der Waals surface area contributed by atoms with Gasteiger partial charge in [-0.05, 0) is 25.1 Å². The first kappa shape index (κ1) is 15.0. The van der Waals surface area contributed by atoms with E-state index in [2.05, 4.69) is 11.2 Å². The standard InChI is InChI=1S/C15H18N2O2/c1-2-3-6-9-17-11-14(18)12-19-15-8-5-4-7-13(15)10-16/h1,4-5,7-8,14,17-18H,3,6,9,11-12H2. The normalized spacial score (nSPS) is 11.3. The number of nitrogens with zero attached hydrogens (tertiary/aromatic N) is 1. The SMILES string of the molecule is C#CCCCNCC(O)COc1ccccc1C#N. The van der Waals surface area contributed by atoms with E-state index in [9.17, 15) is 5.11 Å². The lowest BCUT2D eigenvalue weighted by Gasteiger charge is -2.13. The first-order valence-corrected chi connectivity index (χ1v) is 6.22. The molecule has 100 valence electrons. The third-order valence-electron chi connectivity index (χ3n) is 2.49. The van der Waals surface area contributed by atoms with Gasteiger partial charge in [0, 0.05) is 13.0 Å². The van der Waals surface area contributed by atoms with Crippen molar-refractivity contribution in [3.63, 3.8) is 0 Å². The average Bonchev–Trinajstić information content (AvgIpc) is 2.45. The molecule has 4 heteroatoms. The first-order chi connectivity index (χ1) is 9.27. The summed E-state index contributed by atoms with van der Waals surface area (Å²) in [7, 11) is 0. The van der Waals surface area contributed by atoms with E-state index < -0.39 is 6.10 Å². The van der Waals surface area contributed by atoms with E-state index >= 15 is 0 Å². The summed E-state index contributed by atoms with van der Waals surface area (Å²) in [5.41, 5.74) is 0.469. The molecule has 4 nitrogen and oxygen atoms in total. The molecule has 0 radical (unpaired) electrons. The van der Waals surface area contributed by atoms with Gasteiger partial charge < -0.3 is 15.2 Å². The van der Waals surface area contributed by atoms with Gasteiger partial charge in [0.1, 0.15) is 24.5 Å². The Morgan fingerprint density at radius 1 is 1.42 bits per heavy atom. The molecule has 0 aliphatic rings. The summed E-state index contributed by atoms with van der Waals surface area (Å²) in [6.07, 6.45) is 6.14. The molecule has 1 rings (SSSR count). The zero-order valence-corrected chi connectivity index (χ0v) is 10.8. The van der Waals surface area contributed by atoms with Crippen LogP contribution in [-0.4, -0.2) is 30.9 Å². The molecule has 0 aromatic heterocycles. The van der Waals surface area contributed by atoms with Crippen molar-refractivity contribution < 1.29 is 9.84 Å². The molecule has 0 saturated heterocycles. The second-order valence-electron chi connectivity index (χ2n) is 4.08. The van der Waals surface area contributed by atoms with Gasteiger partial charge >= 0.3 is 0 Å². The van der Waals surface area contributed by atoms with Gasteiger partial charge in [0.15, 0.2) is 0 Å². The van der Waals surface area contributed by atoms with Crippen molar-refractivity contribution in [2.24, 2.45) is 0 Å². The van der Waals surface area contributed by atoms with Gasteiger partial charge in [0.25, 0.3) is 0 Å². The van der Waals surface area contributed by atoms with E-state index in [1.807, 2.05) is 6.07 Å². The summed E-state index contributed by atoms with van der Waals surface area (Å²) < 4.78 is 5.42. The predicted molar refractivity (Wildman–Crippen MR) is 73.6 cm³/mol. The second-order valence-corrected chi connectivity index (χ2v) is 4.08. The van der Waals surface area contributed by atoms with Gasteiger partial charge in [0.2, 0.25) is 0 Å². The van der Waals surface area contributed by atoms with E-state index in [4.69, 9.17) is 16.4 Å². The Bertz CT molecular complexity index is 460. The highest BCUT2D eigenvalue weighted by Gasteiger charge is 2.07. The molecule has 0 fully saturated rings. The largest absolute Gasteiger partial charge is 0.489 e. The lowest BCUT2D eigenvalue weighted by molar-refractivity contribution is 0.106. The van der Waals surface area contributed by atoms with Gasteiger partial charge in [0.05, 0.1) is 5.56 Å². The van der Waals surface area contributed by atoms with Crippen LogP contribution in [0.2, 0.25) is 0 Å². The number of benzene rings is 1. The molecule has 1 atom stereocenters. The number of unbranched alkanes of at least 4 members (excludes halogenated alkanes) is 1. The molecule has 0 aliphatic carbocycles. The lowest BCUT2D eigenvalue weighted by Crippen LogP contribution is -2.32. The maximum atomic E-state index is 9.72. The monoisotopic (exact) mass is 258 g/mol. The summed E-state index contributed by atoms with van der Waals surface area (Å²) in [6, 6.07) is 9.00. The van der Waals surface area contributed by atoms with Crippen LogP contribution in [0, 0.1) is 23.7 Å². The number of aliphatic hydroxyl groups is 1. The van der Waals surface area contributed by atoms with Crippen LogP contribution in [-0.2, 0) is 0 Å². The van der Waals surface area contributed by atoms with Crippen LogP contribution < -0.4 is 10.1 Å². The van der Waals surface area contributed by atoms with Gasteiger partial charge in [-0.15, -0.1) is 12.3 Å². The van der Waals surface area contributed by atoms with Crippen LogP contribution in [0.3, 0.4) is 0 Å². The Kier molecular flexibility index (Phi) is 7.12. The van der Waals surface area contributed by atoms with Crippen molar-refractivity contribution in [3.05, 3.63) is 29.8 Å². The number of terminal acetylenes is 1. The van der Waals surface area contributed by atoms with E-state index in [-0.39, 0.29) is 6.61 Å². The van der Waals surface area contributed by atoms with Gasteiger partial charge in [-0.1, -0.05) is 12.1 Å².